The van der Waals surface area contributed by atoms with Crippen molar-refractivity contribution in [1.82, 2.24) is 0 Å². The van der Waals surface area contributed by atoms with Crippen LogP contribution in [0.25, 0.3) is 0 Å². The van der Waals surface area contributed by atoms with Crippen LogP contribution in [0.2, 0.25) is 6.04 Å². The Balaban J connectivity index is 2.98. The summed E-state index contributed by atoms with van der Waals surface area (Å²) >= 11 is 0. The van der Waals surface area contributed by atoms with Gasteiger partial charge in [0.25, 0.3) is 0 Å². The average molecular weight is 260 g/mol. The van der Waals surface area contributed by atoms with E-state index < -0.39 is 5.97 Å². The monoisotopic (exact) mass is 260 g/mol. The minimum absolute atomic E-state index is 0.0659. The van der Waals surface area contributed by atoms with Crippen molar-refractivity contribution in [2.24, 2.45) is 0 Å². The predicted molar refractivity (Wildman–Crippen MR) is 71.1 cm³/mol. The SMILES string of the molecule is C=CC(=O)OCCOCCC[SiH2]COCCC. The minimum atomic E-state index is -0.394. The van der Waals surface area contributed by atoms with E-state index in [0.717, 1.165) is 38.4 Å². The highest BCUT2D eigenvalue weighted by molar-refractivity contribution is 6.35. The maximum Gasteiger partial charge on any atom is 0.330 e. The lowest BCUT2D eigenvalue weighted by Crippen LogP contribution is -2.10. The standard InChI is InChI=1S/C12H24O4Si/c1-3-6-15-11-17-10-5-7-14-8-9-16-12(13)4-2/h4H,2-3,5-11,17H2,1H3. The molecule has 0 fully saturated rings. The van der Waals surface area contributed by atoms with E-state index in [2.05, 4.69) is 13.5 Å². The first-order valence-corrected chi connectivity index (χ1v) is 8.26. The first-order valence-electron chi connectivity index (χ1n) is 6.26. The normalized spacial score (nSPS) is 10.9. The van der Waals surface area contributed by atoms with Gasteiger partial charge >= 0.3 is 5.97 Å². The van der Waals surface area contributed by atoms with Crippen LogP contribution < -0.4 is 0 Å². The summed E-state index contributed by atoms with van der Waals surface area (Å²) in [6.45, 7) is 7.83. The van der Waals surface area contributed by atoms with Crippen LogP contribution in [0, 0.1) is 0 Å². The number of carbonyl (C=O) groups excluding carboxylic acids is 1. The Morgan fingerprint density at radius 3 is 2.76 bits per heavy atom. The van der Waals surface area contributed by atoms with E-state index in [1.807, 2.05) is 0 Å². The summed E-state index contributed by atoms with van der Waals surface area (Å²) in [4.78, 5) is 10.7. The van der Waals surface area contributed by atoms with Crippen molar-refractivity contribution in [2.45, 2.75) is 25.8 Å². The molecule has 4 nitrogen and oxygen atoms in total. The highest BCUT2D eigenvalue weighted by atomic mass is 28.2. The van der Waals surface area contributed by atoms with Crippen molar-refractivity contribution in [2.75, 3.05) is 32.7 Å². The molecule has 0 amide bonds. The van der Waals surface area contributed by atoms with Gasteiger partial charge in [-0.2, -0.15) is 0 Å². The quantitative estimate of drug-likeness (QED) is 0.228. The lowest BCUT2D eigenvalue weighted by molar-refractivity contribution is -0.139. The number of hydrogen-bond donors (Lipinski definition) is 0. The number of esters is 1. The Labute approximate surface area is 106 Å². The van der Waals surface area contributed by atoms with E-state index in [0.29, 0.717) is 13.2 Å². The molecule has 0 bridgehead atoms. The van der Waals surface area contributed by atoms with E-state index in [-0.39, 0.29) is 9.52 Å². The summed E-state index contributed by atoms with van der Waals surface area (Å²) in [7, 11) is -0.0659. The lowest BCUT2D eigenvalue weighted by Gasteiger charge is -2.04. The largest absolute Gasteiger partial charge is 0.460 e. The van der Waals surface area contributed by atoms with E-state index >= 15 is 0 Å². The van der Waals surface area contributed by atoms with E-state index in [4.69, 9.17) is 14.2 Å². The van der Waals surface area contributed by atoms with Gasteiger partial charge in [0.2, 0.25) is 0 Å². The molecule has 17 heavy (non-hydrogen) atoms. The first kappa shape index (κ1) is 16.3. The Morgan fingerprint density at radius 1 is 1.24 bits per heavy atom. The number of rotatable bonds is 12. The highest BCUT2D eigenvalue weighted by Crippen LogP contribution is 1.91. The molecule has 0 aliphatic heterocycles. The zero-order valence-electron chi connectivity index (χ0n) is 10.8. The zero-order valence-corrected chi connectivity index (χ0v) is 12.2. The summed E-state index contributed by atoms with van der Waals surface area (Å²) in [5.41, 5.74) is 0. The Kier molecular flexibility index (Phi) is 12.9. The van der Waals surface area contributed by atoms with Gasteiger partial charge < -0.3 is 14.2 Å². The molecule has 0 spiro atoms. The van der Waals surface area contributed by atoms with Crippen molar-refractivity contribution in [3.8, 4) is 0 Å². The molecule has 5 heteroatoms. The van der Waals surface area contributed by atoms with Crippen molar-refractivity contribution < 1.29 is 19.0 Å². The predicted octanol–water partition coefficient (Wildman–Crippen LogP) is 1.09. The van der Waals surface area contributed by atoms with E-state index in [9.17, 15) is 4.79 Å². The van der Waals surface area contributed by atoms with Gasteiger partial charge in [-0.3, -0.25) is 0 Å². The molecule has 0 aliphatic rings. The number of hydrogen-bond acceptors (Lipinski definition) is 4. The van der Waals surface area contributed by atoms with Gasteiger partial charge in [0.1, 0.15) is 6.61 Å². The summed E-state index contributed by atoms with van der Waals surface area (Å²) in [5.74, 6) is -0.394. The van der Waals surface area contributed by atoms with Gasteiger partial charge in [-0.25, -0.2) is 4.79 Å². The number of ether oxygens (including phenoxy) is 3. The zero-order chi connectivity index (χ0) is 12.8. The molecule has 0 unspecified atom stereocenters. The van der Waals surface area contributed by atoms with Crippen LogP contribution in [0.15, 0.2) is 12.7 Å². The summed E-state index contributed by atoms with van der Waals surface area (Å²) in [5, 5.41) is 0. The minimum Gasteiger partial charge on any atom is -0.460 e. The Morgan fingerprint density at radius 2 is 2.06 bits per heavy atom. The Hall–Kier alpha value is -0.653. The van der Waals surface area contributed by atoms with Gasteiger partial charge in [0.05, 0.1) is 16.1 Å². The molecular weight excluding hydrogens is 236 g/mol. The fourth-order valence-electron chi connectivity index (χ4n) is 1.19. The third-order valence-corrected chi connectivity index (χ3v) is 3.64. The topological polar surface area (TPSA) is 44.8 Å². The third-order valence-electron chi connectivity index (χ3n) is 2.06. The van der Waals surface area contributed by atoms with Crippen molar-refractivity contribution in [3.05, 3.63) is 12.7 Å². The van der Waals surface area contributed by atoms with Crippen LogP contribution in [-0.4, -0.2) is 48.1 Å². The summed E-state index contributed by atoms with van der Waals surface area (Å²) in [6, 6.07) is 1.25. The second-order valence-corrected chi connectivity index (χ2v) is 5.48. The fraction of sp³-hybridized carbons (Fsp3) is 0.750. The molecule has 0 N–H and O–H groups in total. The van der Waals surface area contributed by atoms with Gasteiger partial charge in [-0.1, -0.05) is 19.5 Å². The van der Waals surface area contributed by atoms with Gasteiger partial charge in [-0.05, 0) is 12.8 Å². The fourth-order valence-corrected chi connectivity index (χ4v) is 2.36. The van der Waals surface area contributed by atoms with Crippen molar-refractivity contribution in [1.29, 1.82) is 0 Å². The second-order valence-electron chi connectivity index (χ2n) is 3.66. The van der Waals surface area contributed by atoms with E-state index in [1.165, 1.54) is 6.04 Å². The molecule has 0 rings (SSSR count). The molecule has 0 aromatic carbocycles. The molecule has 0 saturated carbocycles. The molecule has 0 saturated heterocycles. The van der Waals surface area contributed by atoms with Crippen LogP contribution in [0.3, 0.4) is 0 Å². The third kappa shape index (κ3) is 13.3. The van der Waals surface area contributed by atoms with Crippen molar-refractivity contribution >= 4 is 15.5 Å². The van der Waals surface area contributed by atoms with Crippen molar-refractivity contribution in [3.63, 3.8) is 0 Å². The van der Waals surface area contributed by atoms with Crippen LogP contribution in [0.4, 0.5) is 0 Å². The van der Waals surface area contributed by atoms with E-state index in [1.54, 1.807) is 0 Å². The second kappa shape index (κ2) is 13.4. The summed E-state index contributed by atoms with van der Waals surface area (Å²) in [6.07, 6.45) is 4.31. The van der Waals surface area contributed by atoms with Crippen LogP contribution in [0.1, 0.15) is 19.8 Å². The molecule has 0 aromatic heterocycles. The number of carbonyl (C=O) groups is 1. The molecule has 0 aromatic rings. The summed E-state index contributed by atoms with van der Waals surface area (Å²) < 4.78 is 15.5. The van der Waals surface area contributed by atoms with Gasteiger partial charge in [0.15, 0.2) is 0 Å². The smallest absolute Gasteiger partial charge is 0.330 e. The molecular formula is C12H24O4Si. The maximum atomic E-state index is 10.7. The van der Waals surface area contributed by atoms with Crippen LogP contribution in [0.5, 0.6) is 0 Å². The molecule has 100 valence electrons. The maximum absolute atomic E-state index is 10.7. The van der Waals surface area contributed by atoms with Gasteiger partial charge in [0, 0.05) is 25.5 Å². The molecule has 0 aliphatic carbocycles. The van der Waals surface area contributed by atoms with Gasteiger partial charge in [-0.15, -0.1) is 0 Å². The first-order chi connectivity index (χ1) is 8.31. The molecule has 0 heterocycles. The Bertz CT molecular complexity index is 197. The lowest BCUT2D eigenvalue weighted by atomic mass is 10.5. The molecule has 0 atom stereocenters. The molecule has 0 radical (unpaired) electrons. The van der Waals surface area contributed by atoms with Crippen LogP contribution in [-0.2, 0) is 19.0 Å². The average Bonchev–Trinajstić information content (AvgIpc) is 2.35. The highest BCUT2D eigenvalue weighted by Gasteiger charge is 1.95. The van der Waals surface area contributed by atoms with Crippen LogP contribution >= 0.6 is 0 Å².